The lowest BCUT2D eigenvalue weighted by atomic mass is 9.85. The van der Waals surface area contributed by atoms with Gasteiger partial charge in [-0.2, -0.15) is 0 Å². The van der Waals surface area contributed by atoms with E-state index in [2.05, 4.69) is 76.9 Å². The Labute approximate surface area is 187 Å². The molecule has 1 atom stereocenters. The molecule has 4 heteroatoms. The third kappa shape index (κ3) is 4.52. The number of hydrogen-bond acceptors (Lipinski definition) is 2. The first-order valence-corrected chi connectivity index (χ1v) is 14.2. The predicted octanol–water partition coefficient (Wildman–Crippen LogP) is 7.32. The first-order valence-electron chi connectivity index (χ1n) is 10.5. The molecule has 1 aliphatic rings. The molecule has 0 radical (unpaired) electrons. The molecule has 30 heavy (non-hydrogen) atoms. The number of methoxy groups -OCH3 is 1. The van der Waals surface area contributed by atoms with E-state index >= 15 is 0 Å². The Kier molecular flexibility index (Phi) is 6.54. The molecule has 0 saturated heterocycles. The molecular weight excluding hydrogens is 408 g/mol. The fraction of sp³-hybridized carbons (Fsp3) is 0.385. The van der Waals surface area contributed by atoms with Gasteiger partial charge in [-0.05, 0) is 40.8 Å². The van der Waals surface area contributed by atoms with Crippen LogP contribution in [0.2, 0.25) is 18.1 Å². The van der Waals surface area contributed by atoms with Gasteiger partial charge in [-0.15, -0.1) is 0 Å². The summed E-state index contributed by atoms with van der Waals surface area (Å²) in [6.07, 6.45) is 4.12. The number of fused-ring (bicyclic) bond motifs is 1. The van der Waals surface area contributed by atoms with Gasteiger partial charge in [0.2, 0.25) is 0 Å². The van der Waals surface area contributed by atoms with Crippen LogP contribution in [0.5, 0.6) is 5.75 Å². The number of ether oxygens (including phenoxy) is 2. The van der Waals surface area contributed by atoms with Crippen molar-refractivity contribution >= 4 is 25.4 Å². The second-order valence-electron chi connectivity index (χ2n) is 9.76. The van der Waals surface area contributed by atoms with E-state index in [0.29, 0.717) is 12.1 Å². The summed E-state index contributed by atoms with van der Waals surface area (Å²) in [7, 11) is -0.0595. The van der Waals surface area contributed by atoms with Gasteiger partial charge >= 0.3 is 0 Å². The molecule has 0 aromatic heterocycles. The highest BCUT2D eigenvalue weighted by Gasteiger charge is 2.38. The zero-order valence-corrected chi connectivity index (χ0v) is 20.8. The van der Waals surface area contributed by atoms with Crippen LogP contribution in [0.25, 0.3) is 5.76 Å². The van der Waals surface area contributed by atoms with Crippen LogP contribution in [-0.2, 0) is 16.2 Å². The lowest BCUT2D eigenvalue weighted by Gasteiger charge is -2.32. The van der Waals surface area contributed by atoms with Crippen molar-refractivity contribution in [3.63, 3.8) is 0 Å². The average Bonchev–Trinajstić information content (AvgIpc) is 3.05. The Bertz CT molecular complexity index is 969. The summed E-state index contributed by atoms with van der Waals surface area (Å²) in [5.41, 5.74) is 5.25. The van der Waals surface area contributed by atoms with Gasteiger partial charge in [0.25, 0.3) is 0 Å². The van der Waals surface area contributed by atoms with Crippen LogP contribution in [0.3, 0.4) is 0 Å². The van der Waals surface area contributed by atoms with Crippen LogP contribution >= 0.6 is 11.6 Å². The highest BCUT2D eigenvalue weighted by molar-refractivity contribution is 6.79. The number of rotatable bonds is 7. The van der Waals surface area contributed by atoms with E-state index in [-0.39, 0.29) is 5.41 Å². The third-order valence-corrected chi connectivity index (χ3v) is 9.54. The maximum absolute atomic E-state index is 6.59. The molecule has 2 nitrogen and oxygen atoms in total. The van der Waals surface area contributed by atoms with Crippen LogP contribution in [0, 0.1) is 0 Å². The summed E-state index contributed by atoms with van der Waals surface area (Å²) < 4.78 is 11.9. The van der Waals surface area contributed by atoms with Crippen molar-refractivity contribution in [2.45, 2.75) is 50.9 Å². The zero-order chi connectivity index (χ0) is 22.1. The summed E-state index contributed by atoms with van der Waals surface area (Å²) in [4.78, 5) is 0. The van der Waals surface area contributed by atoms with E-state index in [1.165, 1.54) is 16.7 Å². The van der Waals surface area contributed by atoms with E-state index in [9.17, 15) is 0 Å². The number of halogens is 1. The Morgan fingerprint density at radius 1 is 1.17 bits per heavy atom. The van der Waals surface area contributed by atoms with Crippen molar-refractivity contribution in [2.24, 2.45) is 0 Å². The fourth-order valence-electron chi connectivity index (χ4n) is 4.40. The zero-order valence-electron chi connectivity index (χ0n) is 19.0. The maximum atomic E-state index is 6.59. The smallest absolute Gasteiger partial charge is 0.126 e. The molecule has 0 spiro atoms. The molecule has 0 aliphatic heterocycles. The minimum absolute atomic E-state index is 0.0646. The van der Waals surface area contributed by atoms with Gasteiger partial charge in [-0.1, -0.05) is 82.4 Å². The second-order valence-corrected chi connectivity index (χ2v) is 15.1. The normalized spacial score (nSPS) is 16.1. The Morgan fingerprint density at radius 2 is 1.87 bits per heavy atom. The summed E-state index contributed by atoms with van der Waals surface area (Å²) in [5.74, 6) is 1.95. The number of allylic oxidation sites excluding steroid dienone is 1. The van der Waals surface area contributed by atoms with E-state index in [1.54, 1.807) is 13.2 Å². The van der Waals surface area contributed by atoms with Crippen molar-refractivity contribution in [3.8, 4) is 5.75 Å². The van der Waals surface area contributed by atoms with E-state index in [0.717, 1.165) is 28.1 Å². The molecule has 0 heterocycles. The van der Waals surface area contributed by atoms with E-state index < -0.39 is 8.07 Å². The van der Waals surface area contributed by atoms with Crippen LogP contribution in [0.1, 0.15) is 48.6 Å². The Morgan fingerprint density at radius 3 is 2.50 bits per heavy atom. The van der Waals surface area contributed by atoms with E-state index in [1.807, 2.05) is 6.07 Å². The summed E-state index contributed by atoms with van der Waals surface area (Å²) in [6.45, 7) is 15.8. The monoisotopic (exact) mass is 440 g/mol. The number of hydrogen-bond donors (Lipinski definition) is 0. The standard InChI is InChI=1S/C26H33ClO2Si/c1-8-13-29-25-18(14-19(27)15-22(25)26(2,3)4)17-30(6,7)24-16-23(28-5)20-11-9-10-12-21(20)24/h8-12,14-16,24H,1,13,17H2,2-7H3. The predicted molar refractivity (Wildman–Crippen MR) is 131 cm³/mol. The van der Waals surface area contributed by atoms with Crippen molar-refractivity contribution in [1.29, 1.82) is 0 Å². The summed E-state index contributed by atoms with van der Waals surface area (Å²) in [6, 6.07) is 13.7. The van der Waals surface area contributed by atoms with Crippen molar-refractivity contribution in [3.05, 3.63) is 82.4 Å². The third-order valence-electron chi connectivity index (χ3n) is 5.87. The molecule has 1 aliphatic carbocycles. The Hall–Kier alpha value is -1.97. The highest BCUT2D eigenvalue weighted by atomic mass is 35.5. The maximum Gasteiger partial charge on any atom is 0.126 e. The van der Waals surface area contributed by atoms with Gasteiger partial charge in [0.05, 0.1) is 15.2 Å². The first-order chi connectivity index (χ1) is 14.1. The van der Waals surface area contributed by atoms with Crippen molar-refractivity contribution in [1.82, 2.24) is 0 Å². The molecule has 0 fully saturated rings. The fourth-order valence-corrected chi connectivity index (χ4v) is 7.80. The highest BCUT2D eigenvalue weighted by Crippen LogP contribution is 2.44. The lowest BCUT2D eigenvalue weighted by Crippen LogP contribution is -2.37. The summed E-state index contributed by atoms with van der Waals surface area (Å²) in [5, 5.41) is 0.769. The largest absolute Gasteiger partial charge is 0.496 e. The minimum atomic E-state index is -1.82. The average molecular weight is 441 g/mol. The molecule has 3 rings (SSSR count). The van der Waals surface area contributed by atoms with Gasteiger partial charge in [0.15, 0.2) is 0 Å². The molecule has 1 unspecified atom stereocenters. The van der Waals surface area contributed by atoms with E-state index in [4.69, 9.17) is 21.1 Å². The Balaban J connectivity index is 2.06. The molecular formula is C26H33ClO2Si. The van der Waals surface area contributed by atoms with Gasteiger partial charge in [0, 0.05) is 21.7 Å². The quantitative estimate of drug-likeness (QED) is 0.331. The minimum Gasteiger partial charge on any atom is -0.496 e. The van der Waals surface area contributed by atoms with Gasteiger partial charge in [0.1, 0.15) is 18.1 Å². The summed E-state index contributed by atoms with van der Waals surface area (Å²) >= 11 is 6.59. The van der Waals surface area contributed by atoms with Crippen LogP contribution in [-0.4, -0.2) is 21.8 Å². The molecule has 2 aromatic carbocycles. The number of benzene rings is 2. The molecule has 2 aromatic rings. The lowest BCUT2D eigenvalue weighted by molar-refractivity contribution is 0.348. The van der Waals surface area contributed by atoms with Gasteiger partial charge in [-0.3, -0.25) is 0 Å². The van der Waals surface area contributed by atoms with Crippen molar-refractivity contribution in [2.75, 3.05) is 13.7 Å². The van der Waals surface area contributed by atoms with Crippen molar-refractivity contribution < 1.29 is 9.47 Å². The molecule has 0 N–H and O–H groups in total. The molecule has 0 amide bonds. The van der Waals surface area contributed by atoms with Crippen LogP contribution in [0.15, 0.2) is 55.1 Å². The van der Waals surface area contributed by atoms with Gasteiger partial charge < -0.3 is 9.47 Å². The molecule has 160 valence electrons. The molecule has 0 saturated carbocycles. The second kappa shape index (κ2) is 8.64. The van der Waals surface area contributed by atoms with Gasteiger partial charge in [-0.25, -0.2) is 0 Å². The SMILES string of the molecule is C=CCOc1c(C[Si](C)(C)C2C=C(OC)c3ccccc32)cc(Cl)cc1C(C)(C)C. The molecule has 0 bridgehead atoms. The van der Waals surface area contributed by atoms with Crippen LogP contribution < -0.4 is 4.74 Å². The van der Waals surface area contributed by atoms with Crippen LogP contribution in [0.4, 0.5) is 0 Å². The first kappa shape index (κ1) is 22.7. The topological polar surface area (TPSA) is 18.5 Å².